The second-order valence-corrected chi connectivity index (χ2v) is 3.76. The average Bonchev–Trinajstić information content (AvgIpc) is 2.26. The summed E-state index contributed by atoms with van der Waals surface area (Å²) in [5.41, 5.74) is 5.36. The van der Waals surface area contributed by atoms with Crippen molar-refractivity contribution in [2.45, 2.75) is 12.2 Å². The number of aliphatic hydroxyl groups excluding tert-OH is 2. The highest BCUT2D eigenvalue weighted by Gasteiger charge is 2.18. The number of nitrogens with two attached hydrogens (primary N) is 1. The molecular weight excluding hydrogens is 234 g/mol. The van der Waals surface area contributed by atoms with Crippen molar-refractivity contribution in [2.24, 2.45) is 5.73 Å². The van der Waals surface area contributed by atoms with Gasteiger partial charge in [-0.3, -0.25) is 0 Å². The van der Waals surface area contributed by atoms with Gasteiger partial charge >= 0.3 is 5.97 Å². The first kappa shape index (κ1) is 12.9. The van der Waals surface area contributed by atoms with Crippen LogP contribution in [0.1, 0.15) is 22.0 Å². The van der Waals surface area contributed by atoms with Crippen molar-refractivity contribution in [3.05, 3.63) is 34.3 Å². The summed E-state index contributed by atoms with van der Waals surface area (Å²) in [5.74, 6) is -1.15. The van der Waals surface area contributed by atoms with Gasteiger partial charge in [0.2, 0.25) is 0 Å². The summed E-state index contributed by atoms with van der Waals surface area (Å²) >= 11 is 5.70. The molecule has 0 saturated carbocycles. The van der Waals surface area contributed by atoms with Crippen LogP contribution >= 0.6 is 11.6 Å². The van der Waals surface area contributed by atoms with Crippen LogP contribution in [0, 0.1) is 0 Å². The van der Waals surface area contributed by atoms with E-state index in [1.54, 1.807) is 0 Å². The third-order valence-electron chi connectivity index (χ3n) is 2.11. The highest BCUT2D eigenvalue weighted by atomic mass is 35.5. The van der Waals surface area contributed by atoms with Gasteiger partial charge in [-0.25, -0.2) is 4.79 Å². The summed E-state index contributed by atoms with van der Waals surface area (Å²) < 4.78 is 0. The Hall–Kier alpha value is -1.14. The minimum atomic E-state index is -1.25. The molecule has 16 heavy (non-hydrogen) atoms. The zero-order chi connectivity index (χ0) is 12.3. The molecule has 0 aliphatic carbocycles. The fourth-order valence-electron chi connectivity index (χ4n) is 1.26. The van der Waals surface area contributed by atoms with E-state index in [9.17, 15) is 15.0 Å². The molecule has 0 radical (unpaired) electrons. The number of hydrogen-bond acceptors (Lipinski definition) is 4. The topological polar surface area (TPSA) is 104 Å². The highest BCUT2D eigenvalue weighted by molar-refractivity contribution is 6.31. The Morgan fingerprint density at radius 3 is 2.50 bits per heavy atom. The van der Waals surface area contributed by atoms with Crippen molar-refractivity contribution >= 4 is 17.6 Å². The molecule has 5 N–H and O–H groups in total. The summed E-state index contributed by atoms with van der Waals surface area (Å²) in [6.07, 6.45) is -2.40. The number of carboxylic acids is 1. The summed E-state index contributed by atoms with van der Waals surface area (Å²) in [6.45, 7) is -0.129. The van der Waals surface area contributed by atoms with Crippen molar-refractivity contribution in [3.8, 4) is 0 Å². The molecule has 88 valence electrons. The van der Waals surface area contributed by atoms with Gasteiger partial charge in [0.1, 0.15) is 6.10 Å². The molecule has 0 fully saturated rings. The quantitative estimate of drug-likeness (QED) is 0.614. The van der Waals surface area contributed by atoms with Crippen molar-refractivity contribution in [1.29, 1.82) is 0 Å². The first-order chi connectivity index (χ1) is 7.45. The Morgan fingerprint density at radius 2 is 2.00 bits per heavy atom. The van der Waals surface area contributed by atoms with Crippen LogP contribution in [-0.2, 0) is 0 Å². The number of hydrogen-bond donors (Lipinski definition) is 4. The maximum absolute atomic E-state index is 10.7. The molecule has 2 atom stereocenters. The number of carbonyl (C=O) groups is 1. The van der Waals surface area contributed by atoms with Crippen LogP contribution in [0.5, 0.6) is 0 Å². The van der Waals surface area contributed by atoms with E-state index in [4.69, 9.17) is 22.4 Å². The zero-order valence-corrected chi connectivity index (χ0v) is 9.05. The van der Waals surface area contributed by atoms with Gasteiger partial charge in [-0.1, -0.05) is 11.6 Å². The number of rotatable bonds is 4. The molecule has 1 rings (SSSR count). The van der Waals surface area contributed by atoms with Crippen LogP contribution in [-0.4, -0.2) is 33.9 Å². The van der Waals surface area contributed by atoms with Crippen LogP contribution in [0.3, 0.4) is 0 Å². The van der Waals surface area contributed by atoms with Crippen LogP contribution in [0.4, 0.5) is 0 Å². The molecule has 1 aromatic rings. The van der Waals surface area contributed by atoms with E-state index in [1.165, 1.54) is 18.2 Å². The molecule has 0 aliphatic heterocycles. The van der Waals surface area contributed by atoms with Crippen LogP contribution in [0.2, 0.25) is 5.02 Å². The molecular formula is C10H12ClNO4. The number of aliphatic hydroxyl groups is 2. The molecule has 2 unspecified atom stereocenters. The largest absolute Gasteiger partial charge is 0.478 e. The van der Waals surface area contributed by atoms with E-state index < -0.39 is 18.2 Å². The van der Waals surface area contributed by atoms with Gasteiger partial charge in [0.25, 0.3) is 0 Å². The van der Waals surface area contributed by atoms with Gasteiger partial charge in [-0.15, -0.1) is 0 Å². The lowest BCUT2D eigenvalue weighted by Crippen LogP contribution is -2.27. The predicted molar refractivity (Wildman–Crippen MR) is 58.4 cm³/mol. The fourth-order valence-corrected chi connectivity index (χ4v) is 1.50. The first-order valence-electron chi connectivity index (χ1n) is 4.55. The fraction of sp³-hybridized carbons (Fsp3) is 0.300. The minimum Gasteiger partial charge on any atom is -0.478 e. The van der Waals surface area contributed by atoms with Crippen LogP contribution in [0.15, 0.2) is 18.2 Å². The third-order valence-corrected chi connectivity index (χ3v) is 2.33. The SMILES string of the molecule is NCC(O)C(O)c1cc(Cl)cc(C(=O)O)c1. The lowest BCUT2D eigenvalue weighted by Gasteiger charge is -2.17. The van der Waals surface area contributed by atoms with E-state index in [-0.39, 0.29) is 22.7 Å². The number of benzene rings is 1. The van der Waals surface area contributed by atoms with Gasteiger partial charge < -0.3 is 21.1 Å². The summed E-state index contributed by atoms with van der Waals surface area (Å²) in [6, 6.07) is 3.89. The van der Waals surface area contributed by atoms with Crippen molar-refractivity contribution in [1.82, 2.24) is 0 Å². The summed E-state index contributed by atoms with van der Waals surface area (Å²) in [4.78, 5) is 10.7. The standard InChI is InChI=1S/C10H12ClNO4/c11-7-2-5(9(14)8(13)4-12)1-6(3-7)10(15)16/h1-3,8-9,13-14H,4,12H2,(H,15,16). The van der Waals surface area contributed by atoms with Gasteiger partial charge in [0.15, 0.2) is 0 Å². The van der Waals surface area contributed by atoms with Crippen molar-refractivity contribution < 1.29 is 20.1 Å². The smallest absolute Gasteiger partial charge is 0.335 e. The zero-order valence-electron chi connectivity index (χ0n) is 8.30. The second-order valence-electron chi connectivity index (χ2n) is 3.33. The molecule has 6 heteroatoms. The third kappa shape index (κ3) is 2.93. The van der Waals surface area contributed by atoms with E-state index >= 15 is 0 Å². The highest BCUT2D eigenvalue weighted by Crippen LogP contribution is 2.22. The van der Waals surface area contributed by atoms with Crippen molar-refractivity contribution in [2.75, 3.05) is 6.54 Å². The Balaban J connectivity index is 3.09. The lowest BCUT2D eigenvalue weighted by molar-refractivity contribution is 0.0242. The normalized spacial score (nSPS) is 14.5. The number of aromatic carboxylic acids is 1. The molecule has 0 aliphatic rings. The monoisotopic (exact) mass is 245 g/mol. The van der Waals surface area contributed by atoms with Crippen LogP contribution < -0.4 is 5.73 Å². The van der Waals surface area contributed by atoms with Gasteiger partial charge in [-0.05, 0) is 23.8 Å². The Bertz CT molecular complexity index is 396. The lowest BCUT2D eigenvalue weighted by atomic mass is 10.0. The van der Waals surface area contributed by atoms with Crippen molar-refractivity contribution in [3.63, 3.8) is 0 Å². The predicted octanol–water partition coefficient (Wildman–Crippen LogP) is 0.391. The minimum absolute atomic E-state index is 0.0502. The van der Waals surface area contributed by atoms with E-state index in [0.29, 0.717) is 0 Å². The Morgan fingerprint density at radius 1 is 1.38 bits per heavy atom. The van der Waals surface area contributed by atoms with Gasteiger partial charge in [-0.2, -0.15) is 0 Å². The molecule has 0 amide bonds. The molecule has 0 bridgehead atoms. The average molecular weight is 246 g/mol. The number of carboxylic acid groups (broad SMARTS) is 1. The number of halogens is 1. The molecule has 0 spiro atoms. The maximum atomic E-state index is 10.7. The maximum Gasteiger partial charge on any atom is 0.335 e. The second kappa shape index (κ2) is 5.27. The van der Waals surface area contributed by atoms with Crippen LogP contribution in [0.25, 0.3) is 0 Å². The van der Waals surface area contributed by atoms with E-state index in [2.05, 4.69) is 0 Å². The first-order valence-corrected chi connectivity index (χ1v) is 4.93. The van der Waals surface area contributed by atoms with E-state index in [1.807, 2.05) is 0 Å². The molecule has 0 saturated heterocycles. The summed E-state index contributed by atoms with van der Waals surface area (Å²) in [7, 11) is 0. The Kier molecular flexibility index (Phi) is 4.26. The molecule has 1 aromatic carbocycles. The van der Waals surface area contributed by atoms with E-state index in [0.717, 1.165) is 0 Å². The Labute approximate surface area is 97.1 Å². The van der Waals surface area contributed by atoms with Gasteiger partial charge in [0.05, 0.1) is 11.7 Å². The van der Waals surface area contributed by atoms with Gasteiger partial charge in [0, 0.05) is 11.6 Å². The molecule has 0 aromatic heterocycles. The molecule has 5 nitrogen and oxygen atoms in total. The molecule has 0 heterocycles. The summed E-state index contributed by atoms with van der Waals surface area (Å²) in [5, 5.41) is 27.9.